The van der Waals surface area contributed by atoms with Gasteiger partial charge in [-0.15, -0.1) is 0 Å². The predicted octanol–water partition coefficient (Wildman–Crippen LogP) is 1.28. The molecule has 0 bridgehead atoms. The molecule has 0 aromatic carbocycles. The lowest BCUT2D eigenvalue weighted by Crippen LogP contribution is -2.40. The lowest BCUT2D eigenvalue weighted by molar-refractivity contribution is -0.142. The van der Waals surface area contributed by atoms with E-state index < -0.39 is 0 Å². The van der Waals surface area contributed by atoms with Crippen LogP contribution in [0.25, 0.3) is 0 Å². The lowest BCUT2D eigenvalue weighted by atomic mass is 9.91. The first kappa shape index (κ1) is 10.5. The zero-order valence-corrected chi connectivity index (χ0v) is 8.75. The summed E-state index contributed by atoms with van der Waals surface area (Å²) in [5.41, 5.74) is 0. The fourth-order valence-corrected chi connectivity index (χ4v) is 1.86. The standard InChI is InChI=1S/C10H19NO2/c1-4-9-8(6-5-7-13-9)10(12)11(2)3/h8-9H,4-7H2,1-3H3/t8-,9-/m0/s1. The Morgan fingerprint density at radius 1 is 1.54 bits per heavy atom. The highest BCUT2D eigenvalue weighted by Gasteiger charge is 2.31. The maximum atomic E-state index is 11.7. The van der Waals surface area contributed by atoms with Crippen LogP contribution in [0, 0.1) is 5.92 Å². The second-order valence-electron chi connectivity index (χ2n) is 3.80. The summed E-state index contributed by atoms with van der Waals surface area (Å²) in [7, 11) is 3.62. The summed E-state index contributed by atoms with van der Waals surface area (Å²) in [5.74, 6) is 0.306. The average Bonchev–Trinajstić information content (AvgIpc) is 2.16. The van der Waals surface area contributed by atoms with Crippen molar-refractivity contribution in [1.82, 2.24) is 4.90 Å². The summed E-state index contributed by atoms with van der Waals surface area (Å²) in [6.07, 6.45) is 3.07. The molecule has 1 fully saturated rings. The van der Waals surface area contributed by atoms with E-state index in [0.29, 0.717) is 0 Å². The maximum absolute atomic E-state index is 11.7. The van der Waals surface area contributed by atoms with Crippen LogP contribution in [0.3, 0.4) is 0 Å². The van der Waals surface area contributed by atoms with Crippen molar-refractivity contribution in [3.8, 4) is 0 Å². The number of carbonyl (C=O) groups excluding carboxylic acids is 1. The molecule has 0 unspecified atom stereocenters. The topological polar surface area (TPSA) is 29.5 Å². The highest BCUT2D eigenvalue weighted by Crippen LogP contribution is 2.24. The zero-order valence-electron chi connectivity index (χ0n) is 8.75. The van der Waals surface area contributed by atoms with Crippen molar-refractivity contribution in [3.63, 3.8) is 0 Å². The normalized spacial score (nSPS) is 28.5. The molecule has 1 aliphatic rings. The van der Waals surface area contributed by atoms with E-state index in [1.807, 2.05) is 14.1 Å². The molecular weight excluding hydrogens is 166 g/mol. The van der Waals surface area contributed by atoms with Gasteiger partial charge in [0.2, 0.25) is 5.91 Å². The van der Waals surface area contributed by atoms with Gasteiger partial charge in [0.25, 0.3) is 0 Å². The Labute approximate surface area is 80.1 Å². The number of carbonyl (C=O) groups is 1. The van der Waals surface area contributed by atoms with Crippen molar-refractivity contribution in [1.29, 1.82) is 0 Å². The third-order valence-electron chi connectivity index (χ3n) is 2.60. The van der Waals surface area contributed by atoms with Crippen LogP contribution in [0.5, 0.6) is 0 Å². The minimum Gasteiger partial charge on any atom is -0.377 e. The number of hydrogen-bond donors (Lipinski definition) is 0. The van der Waals surface area contributed by atoms with Gasteiger partial charge in [0.15, 0.2) is 0 Å². The maximum Gasteiger partial charge on any atom is 0.227 e. The van der Waals surface area contributed by atoms with Gasteiger partial charge in [-0.25, -0.2) is 0 Å². The number of amides is 1. The van der Waals surface area contributed by atoms with Gasteiger partial charge in [0, 0.05) is 20.7 Å². The summed E-state index contributed by atoms with van der Waals surface area (Å²) in [4.78, 5) is 13.4. The third kappa shape index (κ3) is 2.44. The molecule has 1 heterocycles. The Bertz CT molecular complexity index is 180. The van der Waals surface area contributed by atoms with Crippen molar-refractivity contribution >= 4 is 5.91 Å². The number of nitrogens with zero attached hydrogens (tertiary/aromatic N) is 1. The molecule has 1 rings (SSSR count). The molecule has 3 nitrogen and oxygen atoms in total. The molecule has 76 valence electrons. The molecule has 0 aromatic rings. The first-order valence-electron chi connectivity index (χ1n) is 4.99. The molecule has 0 saturated carbocycles. The van der Waals surface area contributed by atoms with Crippen LogP contribution in [0.15, 0.2) is 0 Å². The lowest BCUT2D eigenvalue weighted by Gasteiger charge is -2.31. The van der Waals surface area contributed by atoms with Gasteiger partial charge < -0.3 is 9.64 Å². The van der Waals surface area contributed by atoms with Crippen molar-refractivity contribution in [3.05, 3.63) is 0 Å². The van der Waals surface area contributed by atoms with E-state index in [9.17, 15) is 4.79 Å². The first-order valence-corrected chi connectivity index (χ1v) is 4.99. The van der Waals surface area contributed by atoms with Gasteiger partial charge in [-0.3, -0.25) is 4.79 Å². The Hall–Kier alpha value is -0.570. The Morgan fingerprint density at radius 3 is 2.77 bits per heavy atom. The van der Waals surface area contributed by atoms with E-state index >= 15 is 0 Å². The number of rotatable bonds is 2. The molecular formula is C10H19NO2. The Balaban J connectivity index is 2.58. The van der Waals surface area contributed by atoms with Crippen molar-refractivity contribution in [2.75, 3.05) is 20.7 Å². The number of ether oxygens (including phenoxy) is 1. The zero-order chi connectivity index (χ0) is 9.84. The fourth-order valence-electron chi connectivity index (χ4n) is 1.86. The molecule has 0 aliphatic carbocycles. The third-order valence-corrected chi connectivity index (χ3v) is 2.60. The van der Waals surface area contributed by atoms with E-state index in [2.05, 4.69) is 6.92 Å². The first-order chi connectivity index (χ1) is 6.16. The molecule has 1 aliphatic heterocycles. The molecule has 0 spiro atoms. The van der Waals surface area contributed by atoms with E-state index in [0.717, 1.165) is 25.9 Å². The average molecular weight is 185 g/mol. The second kappa shape index (κ2) is 4.61. The summed E-state index contributed by atoms with van der Waals surface area (Å²) in [5, 5.41) is 0. The minimum atomic E-state index is 0.0914. The van der Waals surface area contributed by atoms with Gasteiger partial charge in [0.05, 0.1) is 12.0 Å². The van der Waals surface area contributed by atoms with Crippen LogP contribution >= 0.6 is 0 Å². The summed E-state index contributed by atoms with van der Waals surface area (Å²) < 4.78 is 5.56. The van der Waals surface area contributed by atoms with Crippen molar-refractivity contribution in [2.45, 2.75) is 32.3 Å². The van der Waals surface area contributed by atoms with E-state index in [1.54, 1.807) is 4.90 Å². The van der Waals surface area contributed by atoms with Crippen LogP contribution in [0.1, 0.15) is 26.2 Å². The van der Waals surface area contributed by atoms with Crippen LogP contribution < -0.4 is 0 Å². The highest BCUT2D eigenvalue weighted by molar-refractivity contribution is 5.78. The summed E-state index contributed by atoms with van der Waals surface area (Å²) >= 11 is 0. The van der Waals surface area contributed by atoms with Gasteiger partial charge in [-0.1, -0.05) is 6.92 Å². The molecule has 0 aromatic heterocycles. The van der Waals surface area contributed by atoms with E-state index in [-0.39, 0.29) is 17.9 Å². The molecule has 0 N–H and O–H groups in total. The van der Waals surface area contributed by atoms with Gasteiger partial charge in [-0.05, 0) is 19.3 Å². The summed E-state index contributed by atoms with van der Waals surface area (Å²) in [6, 6.07) is 0. The smallest absolute Gasteiger partial charge is 0.227 e. The van der Waals surface area contributed by atoms with E-state index in [1.165, 1.54) is 0 Å². The van der Waals surface area contributed by atoms with Crippen LogP contribution in [-0.2, 0) is 9.53 Å². The highest BCUT2D eigenvalue weighted by atomic mass is 16.5. The largest absolute Gasteiger partial charge is 0.377 e. The SMILES string of the molecule is CC[C@@H]1OCCC[C@@H]1C(=O)N(C)C. The molecule has 2 atom stereocenters. The van der Waals surface area contributed by atoms with Crippen LogP contribution in [-0.4, -0.2) is 37.6 Å². The van der Waals surface area contributed by atoms with E-state index in [4.69, 9.17) is 4.74 Å². The molecule has 1 saturated heterocycles. The monoisotopic (exact) mass is 185 g/mol. The van der Waals surface area contributed by atoms with Crippen molar-refractivity contribution < 1.29 is 9.53 Å². The minimum absolute atomic E-state index is 0.0914. The van der Waals surface area contributed by atoms with Crippen LogP contribution in [0.2, 0.25) is 0 Å². The predicted molar refractivity (Wildman–Crippen MR) is 51.4 cm³/mol. The Morgan fingerprint density at radius 2 is 2.23 bits per heavy atom. The van der Waals surface area contributed by atoms with Crippen LogP contribution in [0.4, 0.5) is 0 Å². The fraction of sp³-hybridized carbons (Fsp3) is 0.900. The molecule has 0 radical (unpaired) electrons. The molecule has 1 amide bonds. The van der Waals surface area contributed by atoms with Gasteiger partial charge in [0.1, 0.15) is 0 Å². The second-order valence-corrected chi connectivity index (χ2v) is 3.80. The van der Waals surface area contributed by atoms with Crippen molar-refractivity contribution in [2.24, 2.45) is 5.92 Å². The quantitative estimate of drug-likeness (QED) is 0.648. The number of hydrogen-bond acceptors (Lipinski definition) is 2. The summed E-state index contributed by atoms with van der Waals surface area (Å²) in [6.45, 7) is 2.89. The molecule has 13 heavy (non-hydrogen) atoms. The Kier molecular flexibility index (Phi) is 3.72. The molecule has 3 heteroatoms. The van der Waals surface area contributed by atoms with Gasteiger partial charge in [-0.2, -0.15) is 0 Å². The van der Waals surface area contributed by atoms with Gasteiger partial charge >= 0.3 is 0 Å².